The van der Waals surface area contributed by atoms with Crippen molar-refractivity contribution in [1.29, 1.82) is 0 Å². The summed E-state index contributed by atoms with van der Waals surface area (Å²) in [6, 6.07) is 17.2. The van der Waals surface area contributed by atoms with E-state index in [0.29, 0.717) is 0 Å². The van der Waals surface area contributed by atoms with Crippen molar-refractivity contribution in [2.45, 2.75) is 41.5 Å². The fourth-order valence-corrected chi connectivity index (χ4v) is 2.94. The molecule has 3 rings (SSSR count). The van der Waals surface area contributed by atoms with E-state index >= 15 is 0 Å². The molecule has 0 fully saturated rings. The van der Waals surface area contributed by atoms with Crippen molar-refractivity contribution in [3.63, 3.8) is 0 Å². The van der Waals surface area contributed by atoms with E-state index in [1.807, 2.05) is 37.3 Å². The Balaban J connectivity index is 0.000000204. The minimum absolute atomic E-state index is 1.36. The van der Waals surface area contributed by atoms with Gasteiger partial charge in [-0.05, 0) is 75.6 Å². The lowest BCUT2D eigenvalue weighted by Gasteiger charge is -2.03. The molecule has 0 saturated heterocycles. The number of aryl methyl sites for hydroxylation is 4. The Hall–Kier alpha value is -1.86. The average Bonchev–Trinajstić information content (AvgIpc) is 2.95. The summed E-state index contributed by atoms with van der Waals surface area (Å²) in [4.78, 5) is 2.80. The van der Waals surface area contributed by atoms with Gasteiger partial charge in [0, 0.05) is 9.75 Å². The van der Waals surface area contributed by atoms with E-state index in [0.717, 1.165) is 0 Å². The summed E-state index contributed by atoms with van der Waals surface area (Å²) < 4.78 is 0. The van der Waals surface area contributed by atoms with Crippen LogP contribution in [0.3, 0.4) is 0 Å². The van der Waals surface area contributed by atoms with E-state index < -0.39 is 0 Å². The quantitative estimate of drug-likeness (QED) is 0.378. The Morgan fingerprint density at radius 1 is 0.609 bits per heavy atom. The number of hydrogen-bond acceptors (Lipinski definition) is 1. The highest BCUT2D eigenvalue weighted by molar-refractivity contribution is 7.11. The van der Waals surface area contributed by atoms with E-state index in [4.69, 9.17) is 0 Å². The van der Waals surface area contributed by atoms with Crippen LogP contribution in [0.2, 0.25) is 0 Å². The van der Waals surface area contributed by atoms with Crippen LogP contribution in [0.5, 0.6) is 0 Å². The maximum absolute atomic E-state index is 2.18. The van der Waals surface area contributed by atoms with Gasteiger partial charge < -0.3 is 0 Å². The van der Waals surface area contributed by atoms with Crippen molar-refractivity contribution in [3.05, 3.63) is 81.6 Å². The van der Waals surface area contributed by atoms with Crippen molar-refractivity contribution >= 4 is 22.1 Å². The summed E-state index contributed by atoms with van der Waals surface area (Å²) in [7, 11) is 0. The lowest BCUT2D eigenvalue weighted by Crippen LogP contribution is -1.80. The van der Waals surface area contributed by atoms with Crippen molar-refractivity contribution in [1.82, 2.24) is 0 Å². The number of allylic oxidation sites excluding steroid dienone is 2. The highest BCUT2D eigenvalue weighted by atomic mass is 32.1. The Morgan fingerprint density at radius 2 is 1.00 bits per heavy atom. The normalized spacial score (nSPS) is 10.0. The predicted molar refractivity (Wildman–Crippen MR) is 108 cm³/mol. The molecule has 23 heavy (non-hydrogen) atoms. The van der Waals surface area contributed by atoms with E-state index in [-0.39, 0.29) is 0 Å². The SMILES string of the molecule is C/C=C/C.Cc1ccc(C)c2ccccc12.Cc1ccc(C)s1. The molecule has 0 nitrogen and oxygen atoms in total. The van der Waals surface area contributed by atoms with Gasteiger partial charge in [-0.15, -0.1) is 11.3 Å². The summed E-state index contributed by atoms with van der Waals surface area (Å²) in [5, 5.41) is 2.75. The van der Waals surface area contributed by atoms with Crippen molar-refractivity contribution in [2.24, 2.45) is 0 Å². The summed E-state index contributed by atoms with van der Waals surface area (Å²) in [5.74, 6) is 0. The standard InChI is InChI=1S/C12H12.C6H8S.C4H8/c1-9-7-8-10(2)12-6-4-3-5-11(9)12;1-5-3-4-6(2)7-5;1-3-4-2/h3-8H,1-2H3;3-4H,1-2H3;3-4H,1-2H3/b;;4-3+. The van der Waals surface area contributed by atoms with Crippen LogP contribution >= 0.6 is 11.3 Å². The lowest BCUT2D eigenvalue weighted by molar-refractivity contribution is 1.46. The first-order chi connectivity index (χ1) is 11.0. The molecular weight excluding hydrogens is 296 g/mol. The van der Waals surface area contributed by atoms with Gasteiger partial charge in [-0.1, -0.05) is 48.6 Å². The zero-order valence-corrected chi connectivity index (χ0v) is 16.0. The van der Waals surface area contributed by atoms with Gasteiger partial charge in [0.25, 0.3) is 0 Å². The lowest BCUT2D eigenvalue weighted by atomic mass is 10.0. The molecule has 1 heterocycles. The summed E-state index contributed by atoms with van der Waals surface area (Å²) in [6.45, 7) is 12.6. The average molecular weight is 325 g/mol. The van der Waals surface area contributed by atoms with E-state index in [1.165, 1.54) is 31.7 Å². The molecule has 1 aromatic heterocycles. The van der Waals surface area contributed by atoms with Crippen LogP contribution in [0.25, 0.3) is 10.8 Å². The molecule has 0 aliphatic rings. The highest BCUT2D eigenvalue weighted by Gasteiger charge is 1.97. The first-order valence-electron chi connectivity index (χ1n) is 8.04. The van der Waals surface area contributed by atoms with E-state index in [1.54, 1.807) is 0 Å². The van der Waals surface area contributed by atoms with Crippen LogP contribution < -0.4 is 0 Å². The third kappa shape index (κ3) is 6.42. The summed E-state index contributed by atoms with van der Waals surface area (Å²) in [5.41, 5.74) is 2.72. The molecule has 0 aliphatic heterocycles. The summed E-state index contributed by atoms with van der Waals surface area (Å²) in [6.07, 6.45) is 4.00. The van der Waals surface area contributed by atoms with Gasteiger partial charge in [0.2, 0.25) is 0 Å². The molecule has 0 saturated carbocycles. The molecule has 122 valence electrons. The molecule has 0 aliphatic carbocycles. The minimum atomic E-state index is 1.36. The zero-order valence-electron chi connectivity index (χ0n) is 15.2. The monoisotopic (exact) mass is 324 g/mol. The van der Waals surface area contributed by atoms with Crippen LogP contribution in [-0.2, 0) is 0 Å². The van der Waals surface area contributed by atoms with Crippen molar-refractivity contribution in [2.75, 3.05) is 0 Å². The number of benzene rings is 2. The zero-order chi connectivity index (χ0) is 17.2. The van der Waals surface area contributed by atoms with Crippen LogP contribution in [0.4, 0.5) is 0 Å². The largest absolute Gasteiger partial charge is 0.146 e. The number of fused-ring (bicyclic) bond motifs is 1. The minimum Gasteiger partial charge on any atom is -0.146 e. The third-order valence-electron chi connectivity index (χ3n) is 3.57. The van der Waals surface area contributed by atoms with Gasteiger partial charge in [-0.2, -0.15) is 0 Å². The molecule has 0 radical (unpaired) electrons. The van der Waals surface area contributed by atoms with Crippen LogP contribution in [0, 0.1) is 27.7 Å². The van der Waals surface area contributed by atoms with Crippen molar-refractivity contribution < 1.29 is 0 Å². The summed E-state index contributed by atoms with van der Waals surface area (Å²) >= 11 is 1.84. The maximum Gasteiger partial charge on any atom is 0.00170 e. The third-order valence-corrected chi connectivity index (χ3v) is 4.48. The molecular formula is C22H28S. The van der Waals surface area contributed by atoms with Crippen LogP contribution in [-0.4, -0.2) is 0 Å². The van der Waals surface area contributed by atoms with E-state index in [2.05, 4.69) is 76.2 Å². The second kappa shape index (κ2) is 10.0. The Bertz CT molecular complexity index is 687. The predicted octanol–water partition coefficient (Wildman–Crippen LogP) is 7.40. The molecule has 0 N–H and O–H groups in total. The van der Waals surface area contributed by atoms with Gasteiger partial charge in [0.1, 0.15) is 0 Å². The van der Waals surface area contributed by atoms with Crippen molar-refractivity contribution in [3.8, 4) is 0 Å². The second-order valence-corrected chi connectivity index (χ2v) is 7.06. The second-order valence-electron chi connectivity index (χ2n) is 5.57. The first kappa shape index (κ1) is 19.2. The molecule has 0 unspecified atom stereocenters. The Kier molecular flexibility index (Phi) is 8.36. The Morgan fingerprint density at radius 3 is 1.26 bits per heavy atom. The molecule has 0 atom stereocenters. The van der Waals surface area contributed by atoms with Crippen LogP contribution in [0.15, 0.2) is 60.7 Å². The fraction of sp³-hybridized carbons (Fsp3) is 0.273. The fourth-order valence-electron chi connectivity index (χ4n) is 2.16. The number of rotatable bonds is 0. The number of thiophene rings is 1. The molecule has 0 amide bonds. The number of hydrogen-bond donors (Lipinski definition) is 0. The molecule has 2 aromatic carbocycles. The molecule has 3 aromatic rings. The topological polar surface area (TPSA) is 0 Å². The smallest absolute Gasteiger partial charge is 0.00170 e. The maximum atomic E-state index is 2.18. The van der Waals surface area contributed by atoms with E-state index in [9.17, 15) is 0 Å². The Labute approximate surface area is 145 Å². The van der Waals surface area contributed by atoms with Gasteiger partial charge in [-0.3, -0.25) is 0 Å². The van der Waals surface area contributed by atoms with Gasteiger partial charge >= 0.3 is 0 Å². The van der Waals surface area contributed by atoms with Crippen LogP contribution in [0.1, 0.15) is 34.7 Å². The molecule has 1 heteroatoms. The van der Waals surface area contributed by atoms with Gasteiger partial charge in [-0.25, -0.2) is 0 Å². The highest BCUT2D eigenvalue weighted by Crippen LogP contribution is 2.21. The van der Waals surface area contributed by atoms with Gasteiger partial charge in [0.05, 0.1) is 0 Å². The first-order valence-corrected chi connectivity index (χ1v) is 8.86. The van der Waals surface area contributed by atoms with Gasteiger partial charge in [0.15, 0.2) is 0 Å². The molecule has 0 spiro atoms. The molecule has 0 bridgehead atoms.